The van der Waals surface area contributed by atoms with Gasteiger partial charge in [-0.05, 0) is 48.9 Å². The second kappa shape index (κ2) is 8.91. The summed E-state index contributed by atoms with van der Waals surface area (Å²) in [5.74, 6) is 0.423. The fourth-order valence-corrected chi connectivity index (χ4v) is 5.65. The molecule has 6 rings (SSSR count). The van der Waals surface area contributed by atoms with Crippen molar-refractivity contribution in [3.63, 3.8) is 0 Å². The van der Waals surface area contributed by atoms with Gasteiger partial charge in [0.2, 0.25) is 0 Å². The summed E-state index contributed by atoms with van der Waals surface area (Å²) in [5, 5.41) is 19.5. The largest absolute Gasteiger partial charge is 0.392 e. The molecule has 7 nitrogen and oxygen atoms in total. The van der Waals surface area contributed by atoms with Gasteiger partial charge in [0.05, 0.1) is 40.6 Å². The molecule has 1 aliphatic rings. The molecule has 0 amide bonds. The fourth-order valence-electron chi connectivity index (χ4n) is 5.65. The average molecular weight is 468 g/mol. The zero-order valence-corrected chi connectivity index (χ0v) is 20.1. The first-order valence-electron chi connectivity index (χ1n) is 12.2. The lowest BCUT2D eigenvalue weighted by Gasteiger charge is -2.33. The van der Waals surface area contributed by atoms with Crippen molar-refractivity contribution < 1.29 is 9.84 Å². The van der Waals surface area contributed by atoms with Crippen LogP contribution in [0.15, 0.2) is 60.8 Å². The molecule has 0 unspecified atom stereocenters. The zero-order valence-electron chi connectivity index (χ0n) is 20.1. The minimum atomic E-state index is 0.00327. The molecule has 178 valence electrons. The molecular weight excluding hydrogens is 438 g/mol. The van der Waals surface area contributed by atoms with Gasteiger partial charge in [-0.2, -0.15) is 0 Å². The van der Waals surface area contributed by atoms with E-state index in [2.05, 4.69) is 63.4 Å². The smallest absolute Gasteiger partial charge is 0.0960 e. The van der Waals surface area contributed by atoms with Gasteiger partial charge >= 0.3 is 0 Å². The molecule has 4 heterocycles. The van der Waals surface area contributed by atoms with Gasteiger partial charge in [0.15, 0.2) is 0 Å². The number of rotatable bonds is 5. The van der Waals surface area contributed by atoms with Crippen LogP contribution in [0.2, 0.25) is 0 Å². The quantitative estimate of drug-likeness (QED) is 0.402. The molecule has 7 heteroatoms. The molecule has 35 heavy (non-hydrogen) atoms. The molecule has 1 aliphatic heterocycles. The predicted octanol–water partition coefficient (Wildman–Crippen LogP) is 4.80. The van der Waals surface area contributed by atoms with Gasteiger partial charge in [0.25, 0.3) is 0 Å². The second-order valence-corrected chi connectivity index (χ2v) is 9.42. The number of ether oxygens (including phenoxy) is 1. The van der Waals surface area contributed by atoms with E-state index in [0.29, 0.717) is 5.92 Å². The van der Waals surface area contributed by atoms with Gasteiger partial charge < -0.3 is 14.4 Å². The molecule has 5 aromatic rings. The van der Waals surface area contributed by atoms with Gasteiger partial charge in [-0.25, -0.2) is 4.68 Å². The zero-order chi connectivity index (χ0) is 23.9. The summed E-state index contributed by atoms with van der Waals surface area (Å²) in [5.41, 5.74) is 8.15. The van der Waals surface area contributed by atoms with Crippen molar-refractivity contribution >= 4 is 21.9 Å². The summed E-state index contributed by atoms with van der Waals surface area (Å²) in [6.45, 7) is 3.53. The lowest BCUT2D eigenvalue weighted by molar-refractivity contribution is 0.0553. The number of pyridine rings is 1. The van der Waals surface area contributed by atoms with Gasteiger partial charge in [0.1, 0.15) is 0 Å². The van der Waals surface area contributed by atoms with Crippen molar-refractivity contribution in [1.29, 1.82) is 0 Å². The van der Waals surface area contributed by atoms with Crippen LogP contribution in [0.25, 0.3) is 33.2 Å². The highest BCUT2D eigenvalue weighted by atomic mass is 16.5. The lowest BCUT2D eigenvalue weighted by atomic mass is 9.86. The second-order valence-electron chi connectivity index (χ2n) is 9.42. The molecule has 0 bridgehead atoms. The van der Waals surface area contributed by atoms with Crippen LogP contribution < -0.4 is 0 Å². The van der Waals surface area contributed by atoms with E-state index in [1.54, 1.807) is 0 Å². The average Bonchev–Trinajstić information content (AvgIpc) is 3.41. The molecule has 1 N–H and O–H groups in total. The number of hydrogen-bond donors (Lipinski definition) is 1. The topological polar surface area (TPSA) is 78.0 Å². The van der Waals surface area contributed by atoms with Crippen molar-refractivity contribution in [2.45, 2.75) is 32.4 Å². The Morgan fingerprint density at radius 1 is 1.06 bits per heavy atom. The number of aliphatic hydroxyl groups excluding tert-OH is 1. The highest BCUT2D eigenvalue weighted by Gasteiger charge is 2.30. The molecule has 1 fully saturated rings. The Kier molecular flexibility index (Phi) is 5.59. The molecule has 0 saturated carbocycles. The van der Waals surface area contributed by atoms with E-state index in [1.165, 1.54) is 5.56 Å². The van der Waals surface area contributed by atoms with Crippen LogP contribution in [-0.4, -0.2) is 42.9 Å². The number of aliphatic hydroxyl groups is 1. The third-order valence-electron chi connectivity index (χ3n) is 7.29. The molecule has 3 aromatic heterocycles. The first-order chi connectivity index (χ1) is 17.2. The first-order valence-corrected chi connectivity index (χ1v) is 12.2. The Labute approximate surface area is 204 Å². The van der Waals surface area contributed by atoms with Crippen molar-refractivity contribution in [2.24, 2.45) is 13.0 Å². The normalized spacial score (nSPS) is 15.7. The van der Waals surface area contributed by atoms with E-state index in [4.69, 9.17) is 9.72 Å². The van der Waals surface area contributed by atoms with Gasteiger partial charge in [-0.3, -0.25) is 4.98 Å². The van der Waals surface area contributed by atoms with Crippen molar-refractivity contribution in [3.05, 3.63) is 77.6 Å². The number of aryl methyl sites for hydroxylation is 2. The number of aromatic nitrogens is 5. The first kappa shape index (κ1) is 21.9. The van der Waals surface area contributed by atoms with Crippen LogP contribution in [0.4, 0.5) is 0 Å². The Morgan fingerprint density at radius 3 is 2.57 bits per heavy atom. The van der Waals surface area contributed by atoms with E-state index in [0.717, 1.165) is 70.5 Å². The molecule has 1 saturated heterocycles. The molecule has 0 radical (unpaired) electrons. The van der Waals surface area contributed by atoms with Crippen molar-refractivity contribution in [3.8, 4) is 11.3 Å². The SMILES string of the molecule is Cc1nnn(C)c1-c1cnc2c3ccc(CO)cc3n([C@H](c3ccccc3)C3CCOCC3)c2c1. The number of hydrogen-bond acceptors (Lipinski definition) is 5. The van der Waals surface area contributed by atoms with Crippen molar-refractivity contribution in [1.82, 2.24) is 24.5 Å². The summed E-state index contributed by atoms with van der Waals surface area (Å²) in [6, 6.07) is 19.3. The summed E-state index contributed by atoms with van der Waals surface area (Å²) in [4.78, 5) is 4.97. The van der Waals surface area contributed by atoms with Gasteiger partial charge in [0, 0.05) is 37.4 Å². The minimum absolute atomic E-state index is 0.00327. The van der Waals surface area contributed by atoms with E-state index in [9.17, 15) is 5.11 Å². The van der Waals surface area contributed by atoms with Crippen LogP contribution in [0.1, 0.15) is 35.7 Å². The van der Waals surface area contributed by atoms with Crippen LogP contribution in [0, 0.1) is 12.8 Å². The van der Waals surface area contributed by atoms with E-state index in [1.807, 2.05) is 30.9 Å². The van der Waals surface area contributed by atoms with Crippen LogP contribution in [0.3, 0.4) is 0 Å². The van der Waals surface area contributed by atoms with E-state index >= 15 is 0 Å². The third kappa shape index (κ3) is 3.72. The maximum atomic E-state index is 9.94. The monoisotopic (exact) mass is 467 g/mol. The number of benzene rings is 2. The minimum Gasteiger partial charge on any atom is -0.392 e. The fraction of sp³-hybridized carbons (Fsp3) is 0.321. The molecule has 2 aromatic carbocycles. The molecule has 0 aliphatic carbocycles. The lowest BCUT2D eigenvalue weighted by Crippen LogP contribution is -2.26. The van der Waals surface area contributed by atoms with Crippen LogP contribution >= 0.6 is 0 Å². The Bertz CT molecular complexity index is 1480. The standard InChI is InChI=1S/C28H29N5O2/c1-18-27(32(2)31-30-18)22-15-25-26(29-16-22)23-9-8-19(17-34)14-24(23)33(25)28(20-6-4-3-5-7-20)21-10-12-35-13-11-21/h3-9,14-16,21,28,34H,10-13,17H2,1-2H3/t28-/m1/s1. The highest BCUT2D eigenvalue weighted by Crippen LogP contribution is 2.41. The molecular formula is C28H29N5O2. The van der Waals surface area contributed by atoms with E-state index in [-0.39, 0.29) is 12.6 Å². The summed E-state index contributed by atoms with van der Waals surface area (Å²) in [6.07, 6.45) is 3.92. The molecule has 0 spiro atoms. The Hall–Kier alpha value is -3.55. The maximum absolute atomic E-state index is 9.94. The summed E-state index contributed by atoms with van der Waals surface area (Å²) in [7, 11) is 1.91. The summed E-state index contributed by atoms with van der Waals surface area (Å²) >= 11 is 0. The predicted molar refractivity (Wildman–Crippen MR) is 136 cm³/mol. The number of nitrogens with zero attached hydrogens (tertiary/aromatic N) is 5. The highest BCUT2D eigenvalue weighted by molar-refractivity contribution is 6.07. The van der Waals surface area contributed by atoms with Crippen molar-refractivity contribution in [2.75, 3.05) is 13.2 Å². The van der Waals surface area contributed by atoms with Crippen LogP contribution in [-0.2, 0) is 18.4 Å². The summed E-state index contributed by atoms with van der Waals surface area (Å²) < 4.78 is 9.99. The van der Waals surface area contributed by atoms with E-state index < -0.39 is 0 Å². The van der Waals surface area contributed by atoms with Gasteiger partial charge in [-0.15, -0.1) is 5.10 Å². The Balaban J connectivity index is 1.68. The van der Waals surface area contributed by atoms with Crippen LogP contribution in [0.5, 0.6) is 0 Å². The molecule has 1 atom stereocenters. The third-order valence-corrected chi connectivity index (χ3v) is 7.29. The maximum Gasteiger partial charge on any atom is 0.0960 e. The van der Waals surface area contributed by atoms with Gasteiger partial charge in [-0.1, -0.05) is 47.7 Å². The number of fused-ring (bicyclic) bond motifs is 3. The Morgan fingerprint density at radius 2 is 1.86 bits per heavy atom.